The average Bonchev–Trinajstić information content (AvgIpc) is 3.23. The summed E-state index contributed by atoms with van der Waals surface area (Å²) < 4.78 is 17.2. The minimum absolute atomic E-state index is 0.00986. The molecule has 0 spiro atoms. The lowest BCUT2D eigenvalue weighted by Gasteiger charge is -2.31. The molecule has 1 N–H and O–H groups in total. The van der Waals surface area contributed by atoms with Crippen LogP contribution in [0.4, 0.5) is 0 Å². The molecule has 0 aliphatic carbocycles. The highest BCUT2D eigenvalue weighted by Gasteiger charge is 2.55. The number of Topliss-reactive ketones (excluding diaryl/α,β-unsaturated/α-hetero) is 1. The van der Waals surface area contributed by atoms with Gasteiger partial charge >= 0.3 is 17.9 Å². The zero-order valence-corrected chi connectivity index (χ0v) is 57.1. The van der Waals surface area contributed by atoms with Crippen molar-refractivity contribution in [3.8, 4) is 0 Å². The third-order valence-corrected chi connectivity index (χ3v) is 18.1. The van der Waals surface area contributed by atoms with Crippen molar-refractivity contribution in [3.63, 3.8) is 0 Å². The molecule has 0 aliphatic heterocycles. The third kappa shape index (κ3) is 55.4. The highest BCUT2D eigenvalue weighted by Crippen LogP contribution is 2.30. The summed E-state index contributed by atoms with van der Waals surface area (Å²) in [4.78, 5) is 56.1. The second-order valence-electron chi connectivity index (χ2n) is 26.4. The van der Waals surface area contributed by atoms with E-state index in [2.05, 4.69) is 27.7 Å². The topological polar surface area (TPSA) is 116 Å². The standard InChI is InChI=1S/C76H146O8/c1-5-9-13-17-21-24-27-30-33-36-39-42-45-48-51-55-59-63-67-82-72(78)70-76(81,75(80)84-69-65-61-57-53-50-47-44-41-38-35-32-29-26-23-19-15-11-7-3)73(71(77)66-62-58-54-20-16-12-8-4)74(79)83-68-64-60-56-52-49-46-43-40-37-34-31-28-25-22-18-14-10-6-2/h73,81H,5-70H2,1-4H3. The number of ether oxygens (including phenoxy) is 3. The maximum Gasteiger partial charge on any atom is 0.340 e. The van der Waals surface area contributed by atoms with Crippen LogP contribution in [-0.4, -0.2) is 54.2 Å². The van der Waals surface area contributed by atoms with Crippen molar-refractivity contribution in [2.75, 3.05) is 19.8 Å². The number of carbonyl (C=O) groups is 4. The summed E-state index contributed by atoms with van der Waals surface area (Å²) >= 11 is 0. The molecule has 0 aliphatic rings. The van der Waals surface area contributed by atoms with Crippen molar-refractivity contribution < 1.29 is 38.5 Å². The summed E-state index contributed by atoms with van der Waals surface area (Å²) in [6, 6.07) is 0. The van der Waals surface area contributed by atoms with Gasteiger partial charge in [-0.2, -0.15) is 0 Å². The molecular formula is C76H146O8. The second kappa shape index (κ2) is 67.0. The molecule has 0 fully saturated rings. The number of esters is 3. The third-order valence-electron chi connectivity index (χ3n) is 18.1. The van der Waals surface area contributed by atoms with Gasteiger partial charge in [0.15, 0.2) is 17.3 Å². The predicted molar refractivity (Wildman–Crippen MR) is 360 cm³/mol. The Morgan fingerprint density at radius 1 is 0.274 bits per heavy atom. The fraction of sp³-hybridized carbons (Fsp3) is 0.947. The number of rotatable bonds is 71. The molecule has 0 bridgehead atoms. The van der Waals surface area contributed by atoms with Crippen LogP contribution < -0.4 is 0 Å². The van der Waals surface area contributed by atoms with E-state index in [0.717, 1.165) is 89.9 Å². The van der Waals surface area contributed by atoms with Gasteiger partial charge in [0.25, 0.3) is 0 Å². The van der Waals surface area contributed by atoms with Crippen molar-refractivity contribution in [2.24, 2.45) is 5.92 Å². The summed E-state index contributed by atoms with van der Waals surface area (Å²) in [5.74, 6) is -5.30. The summed E-state index contributed by atoms with van der Waals surface area (Å²) in [7, 11) is 0. The Bertz CT molecular complexity index is 1380. The van der Waals surface area contributed by atoms with Gasteiger partial charge in [-0.25, -0.2) is 4.79 Å². The molecule has 84 heavy (non-hydrogen) atoms. The van der Waals surface area contributed by atoms with E-state index in [1.54, 1.807) is 0 Å². The van der Waals surface area contributed by atoms with Crippen LogP contribution in [0.3, 0.4) is 0 Å². The lowest BCUT2D eigenvalue weighted by atomic mass is 9.80. The van der Waals surface area contributed by atoms with Crippen LogP contribution in [0.1, 0.15) is 432 Å². The number of hydrogen-bond acceptors (Lipinski definition) is 8. The maximum absolute atomic E-state index is 14.2. The number of carbonyl (C=O) groups excluding carboxylic acids is 4. The summed E-state index contributed by atoms with van der Waals surface area (Å²) in [5, 5.41) is 12.4. The van der Waals surface area contributed by atoms with Gasteiger partial charge in [0.05, 0.1) is 26.2 Å². The van der Waals surface area contributed by atoms with Crippen LogP contribution >= 0.6 is 0 Å². The van der Waals surface area contributed by atoms with Gasteiger partial charge in [0.1, 0.15) is 0 Å². The SMILES string of the molecule is CCCCCCCCCCCCCCCCCCCCOC(=O)CC(O)(C(=O)OCCCCCCCCCCCCCCCCCCCC)C(C(=O)CCCCCCCCC)C(=O)OCCCCCCCCCCCCCCCCCCCC. The van der Waals surface area contributed by atoms with E-state index in [1.165, 1.54) is 276 Å². The Morgan fingerprint density at radius 2 is 0.476 bits per heavy atom. The number of ketones is 1. The summed E-state index contributed by atoms with van der Waals surface area (Å²) in [6.45, 7) is 9.31. The molecule has 0 amide bonds. The molecule has 0 saturated carbocycles. The molecule has 0 aromatic carbocycles. The quantitative estimate of drug-likeness (QED) is 0.0277. The molecule has 0 saturated heterocycles. The monoisotopic (exact) mass is 1190 g/mol. The molecule has 0 aromatic heterocycles. The van der Waals surface area contributed by atoms with Crippen molar-refractivity contribution in [3.05, 3.63) is 0 Å². The molecule has 0 radical (unpaired) electrons. The fourth-order valence-corrected chi connectivity index (χ4v) is 12.3. The fourth-order valence-electron chi connectivity index (χ4n) is 12.3. The molecular weight excluding hydrogens is 1040 g/mol. The lowest BCUT2D eigenvalue weighted by molar-refractivity contribution is -0.188. The molecule has 498 valence electrons. The molecule has 2 atom stereocenters. The minimum Gasteiger partial charge on any atom is -0.466 e. The van der Waals surface area contributed by atoms with Gasteiger partial charge in [-0.15, -0.1) is 0 Å². The van der Waals surface area contributed by atoms with Gasteiger partial charge in [0, 0.05) is 6.42 Å². The van der Waals surface area contributed by atoms with E-state index in [4.69, 9.17) is 14.2 Å². The van der Waals surface area contributed by atoms with Crippen molar-refractivity contribution >= 4 is 23.7 Å². The normalized spacial score (nSPS) is 12.6. The molecule has 8 heteroatoms. The van der Waals surface area contributed by atoms with E-state index in [1.807, 2.05) is 0 Å². The second-order valence-corrected chi connectivity index (χ2v) is 26.4. The lowest BCUT2D eigenvalue weighted by Crippen LogP contribution is -2.55. The van der Waals surface area contributed by atoms with Crippen LogP contribution in [0.15, 0.2) is 0 Å². The number of hydrogen-bond donors (Lipinski definition) is 1. The maximum atomic E-state index is 14.2. The van der Waals surface area contributed by atoms with Crippen LogP contribution in [-0.2, 0) is 33.4 Å². The van der Waals surface area contributed by atoms with E-state index in [0.29, 0.717) is 25.7 Å². The Hall–Kier alpha value is -1.96. The van der Waals surface area contributed by atoms with Crippen molar-refractivity contribution in [1.29, 1.82) is 0 Å². The molecule has 0 heterocycles. The van der Waals surface area contributed by atoms with Gasteiger partial charge in [-0.3, -0.25) is 14.4 Å². The largest absolute Gasteiger partial charge is 0.466 e. The molecule has 0 aromatic rings. The Labute approximate surface area is 523 Å². The molecule has 0 rings (SSSR count). The first-order valence-electron chi connectivity index (χ1n) is 38.0. The predicted octanol–water partition coefficient (Wildman–Crippen LogP) is 24.2. The van der Waals surface area contributed by atoms with Gasteiger partial charge in [-0.1, -0.05) is 394 Å². The number of unbranched alkanes of at least 4 members (excludes halogenated alkanes) is 57. The smallest absolute Gasteiger partial charge is 0.340 e. The average molecular weight is 1190 g/mol. The zero-order chi connectivity index (χ0) is 61.2. The molecule has 8 nitrogen and oxygen atoms in total. The minimum atomic E-state index is -2.72. The van der Waals surface area contributed by atoms with Gasteiger partial charge < -0.3 is 19.3 Å². The Balaban J connectivity index is 5.27. The summed E-state index contributed by atoms with van der Waals surface area (Å²) in [6.07, 6.45) is 73.7. The van der Waals surface area contributed by atoms with Gasteiger partial charge in [0.2, 0.25) is 0 Å². The summed E-state index contributed by atoms with van der Waals surface area (Å²) in [5.41, 5.74) is -2.72. The van der Waals surface area contributed by atoms with E-state index < -0.39 is 41.6 Å². The first kappa shape index (κ1) is 82.0. The van der Waals surface area contributed by atoms with Gasteiger partial charge in [-0.05, 0) is 25.7 Å². The first-order chi connectivity index (χ1) is 41.3. The Morgan fingerprint density at radius 3 is 0.726 bits per heavy atom. The van der Waals surface area contributed by atoms with Crippen molar-refractivity contribution in [2.45, 2.75) is 438 Å². The van der Waals surface area contributed by atoms with Crippen LogP contribution in [0.2, 0.25) is 0 Å². The van der Waals surface area contributed by atoms with E-state index in [-0.39, 0.29) is 26.2 Å². The molecule has 2 unspecified atom stereocenters. The Kier molecular flexibility index (Phi) is 65.4. The van der Waals surface area contributed by atoms with E-state index in [9.17, 15) is 24.3 Å². The van der Waals surface area contributed by atoms with Crippen LogP contribution in [0.25, 0.3) is 0 Å². The first-order valence-corrected chi connectivity index (χ1v) is 38.0. The number of aliphatic hydroxyl groups is 1. The zero-order valence-electron chi connectivity index (χ0n) is 57.1. The van der Waals surface area contributed by atoms with E-state index >= 15 is 0 Å². The highest BCUT2D eigenvalue weighted by molar-refractivity contribution is 6.06. The highest BCUT2D eigenvalue weighted by atomic mass is 16.6. The van der Waals surface area contributed by atoms with Crippen LogP contribution in [0.5, 0.6) is 0 Å². The van der Waals surface area contributed by atoms with Crippen molar-refractivity contribution in [1.82, 2.24) is 0 Å². The van der Waals surface area contributed by atoms with Crippen LogP contribution in [0, 0.1) is 5.92 Å².